The van der Waals surface area contributed by atoms with Gasteiger partial charge in [-0.2, -0.15) is 0 Å². The number of quaternary nitrogens is 1. The first-order valence-electron chi connectivity index (χ1n) is 22.7. The fraction of sp³-hybridized carbons (Fsp3) is 0.708. The molecule has 0 spiro atoms. The molecule has 10 heteroatoms. The lowest BCUT2D eigenvalue weighted by Gasteiger charge is -2.24. The molecule has 0 aliphatic carbocycles. The molecule has 0 amide bonds. The molecule has 58 heavy (non-hydrogen) atoms. The van der Waals surface area contributed by atoms with Crippen LogP contribution < -0.4 is 0 Å². The van der Waals surface area contributed by atoms with E-state index in [1.807, 2.05) is 21.1 Å². The van der Waals surface area contributed by atoms with Crippen molar-refractivity contribution in [2.45, 2.75) is 174 Å². The zero-order chi connectivity index (χ0) is 42.8. The summed E-state index contributed by atoms with van der Waals surface area (Å²) in [5, 5.41) is 0. The summed E-state index contributed by atoms with van der Waals surface area (Å²) in [6, 6.07) is 0. The Kier molecular flexibility index (Phi) is 38.1. The number of ether oxygens (including phenoxy) is 2. The van der Waals surface area contributed by atoms with Crippen LogP contribution in [0.15, 0.2) is 72.9 Å². The summed E-state index contributed by atoms with van der Waals surface area (Å²) in [6.07, 6.45) is 49.5. The van der Waals surface area contributed by atoms with E-state index in [0.717, 1.165) is 77.0 Å². The number of rotatable bonds is 40. The van der Waals surface area contributed by atoms with E-state index in [-0.39, 0.29) is 32.0 Å². The normalized spacial score (nSPS) is 14.2. The number of phosphoric ester groups is 1. The van der Waals surface area contributed by atoms with Gasteiger partial charge in [-0.3, -0.25) is 18.6 Å². The van der Waals surface area contributed by atoms with Crippen molar-refractivity contribution in [3.63, 3.8) is 0 Å². The molecule has 0 heterocycles. The molecule has 0 saturated carbocycles. The third-order valence-electron chi connectivity index (χ3n) is 9.22. The predicted octanol–water partition coefficient (Wildman–Crippen LogP) is 13.0. The highest BCUT2D eigenvalue weighted by atomic mass is 31.2. The van der Waals surface area contributed by atoms with Gasteiger partial charge in [0.1, 0.15) is 19.8 Å². The van der Waals surface area contributed by atoms with E-state index in [0.29, 0.717) is 17.4 Å². The predicted molar refractivity (Wildman–Crippen MR) is 242 cm³/mol. The number of hydrogen-bond donors (Lipinski definition) is 1. The highest BCUT2D eigenvalue weighted by Crippen LogP contribution is 2.43. The zero-order valence-electron chi connectivity index (χ0n) is 37.5. The summed E-state index contributed by atoms with van der Waals surface area (Å²) in [5.41, 5.74) is 0. The maximum atomic E-state index is 12.7. The van der Waals surface area contributed by atoms with Gasteiger partial charge in [-0.25, -0.2) is 4.57 Å². The number of unbranched alkanes of at least 4 members (excludes halogenated alkanes) is 14. The van der Waals surface area contributed by atoms with Crippen molar-refractivity contribution in [2.75, 3.05) is 47.5 Å². The van der Waals surface area contributed by atoms with Crippen LogP contribution in [-0.4, -0.2) is 74.9 Å². The van der Waals surface area contributed by atoms with Crippen molar-refractivity contribution < 1.29 is 42.1 Å². The topological polar surface area (TPSA) is 108 Å². The molecular weight excluding hydrogens is 750 g/mol. The molecular formula is C48H85NO8P+. The van der Waals surface area contributed by atoms with Crippen LogP contribution in [0.1, 0.15) is 168 Å². The van der Waals surface area contributed by atoms with Gasteiger partial charge in [0.25, 0.3) is 0 Å². The van der Waals surface area contributed by atoms with Crippen LogP contribution >= 0.6 is 7.82 Å². The van der Waals surface area contributed by atoms with Crippen LogP contribution in [0.25, 0.3) is 0 Å². The molecule has 0 aromatic rings. The Morgan fingerprint density at radius 1 is 0.552 bits per heavy atom. The van der Waals surface area contributed by atoms with Gasteiger partial charge < -0.3 is 18.9 Å². The highest BCUT2D eigenvalue weighted by Gasteiger charge is 2.27. The number of carbonyl (C=O) groups excluding carboxylic acids is 2. The summed E-state index contributed by atoms with van der Waals surface area (Å²) in [7, 11) is 1.44. The van der Waals surface area contributed by atoms with Crippen LogP contribution in [0.4, 0.5) is 0 Å². The Bertz CT molecular complexity index is 1220. The van der Waals surface area contributed by atoms with Gasteiger partial charge >= 0.3 is 19.8 Å². The maximum absolute atomic E-state index is 12.7. The maximum Gasteiger partial charge on any atom is 0.472 e. The van der Waals surface area contributed by atoms with Gasteiger partial charge in [0.05, 0.1) is 27.7 Å². The molecule has 334 valence electrons. The van der Waals surface area contributed by atoms with Gasteiger partial charge in [0.2, 0.25) is 0 Å². The summed E-state index contributed by atoms with van der Waals surface area (Å²) in [4.78, 5) is 35.4. The highest BCUT2D eigenvalue weighted by molar-refractivity contribution is 7.47. The minimum atomic E-state index is -4.39. The van der Waals surface area contributed by atoms with Crippen molar-refractivity contribution in [1.29, 1.82) is 0 Å². The van der Waals surface area contributed by atoms with Gasteiger partial charge in [-0.15, -0.1) is 0 Å². The molecule has 1 N–H and O–H groups in total. The first-order valence-corrected chi connectivity index (χ1v) is 24.2. The van der Waals surface area contributed by atoms with E-state index >= 15 is 0 Å². The SMILES string of the molecule is CC/C=C\C/C=C\C/C=C\C/C=C\CCCCC(=O)O[C@H](COC(=O)CCCCCCCCCCC/C=C\C/C=C\CCCCC)COP(=O)(O)OCC[N+](C)(C)C. The van der Waals surface area contributed by atoms with E-state index in [1.165, 1.54) is 57.8 Å². The average Bonchev–Trinajstić information content (AvgIpc) is 3.17. The lowest BCUT2D eigenvalue weighted by molar-refractivity contribution is -0.870. The number of allylic oxidation sites excluding steroid dienone is 12. The Balaban J connectivity index is 4.39. The molecule has 0 aliphatic rings. The Morgan fingerprint density at radius 3 is 1.50 bits per heavy atom. The Hall–Kier alpha value is -2.55. The Labute approximate surface area is 355 Å². The molecule has 0 aromatic carbocycles. The van der Waals surface area contributed by atoms with Gasteiger partial charge in [-0.05, 0) is 83.5 Å². The molecule has 0 bridgehead atoms. The molecule has 0 saturated heterocycles. The van der Waals surface area contributed by atoms with Crippen LogP contribution in [0, 0.1) is 0 Å². The summed E-state index contributed by atoms with van der Waals surface area (Å²) in [5.74, 6) is -0.857. The quantitative estimate of drug-likeness (QED) is 0.0214. The van der Waals surface area contributed by atoms with Crippen LogP contribution in [0.2, 0.25) is 0 Å². The van der Waals surface area contributed by atoms with Gasteiger partial charge in [-0.1, -0.05) is 145 Å². The smallest absolute Gasteiger partial charge is 0.462 e. The molecule has 0 fully saturated rings. The molecule has 1 unspecified atom stereocenters. The van der Waals surface area contributed by atoms with Crippen LogP contribution in [0.3, 0.4) is 0 Å². The van der Waals surface area contributed by atoms with E-state index in [4.69, 9.17) is 18.5 Å². The largest absolute Gasteiger partial charge is 0.472 e. The van der Waals surface area contributed by atoms with Crippen molar-refractivity contribution in [2.24, 2.45) is 0 Å². The third kappa shape index (κ3) is 43.0. The molecule has 0 radical (unpaired) electrons. The lowest BCUT2D eigenvalue weighted by atomic mass is 10.1. The van der Waals surface area contributed by atoms with Crippen molar-refractivity contribution in [3.05, 3.63) is 72.9 Å². The van der Waals surface area contributed by atoms with E-state index in [1.54, 1.807) is 0 Å². The molecule has 0 aromatic heterocycles. The van der Waals surface area contributed by atoms with Crippen LogP contribution in [-0.2, 0) is 32.7 Å². The Morgan fingerprint density at radius 2 is 0.983 bits per heavy atom. The first-order chi connectivity index (χ1) is 28.0. The molecule has 0 rings (SSSR count). The summed E-state index contributed by atoms with van der Waals surface area (Å²) >= 11 is 0. The number of nitrogens with zero attached hydrogens (tertiary/aromatic N) is 1. The summed E-state index contributed by atoms with van der Waals surface area (Å²) in [6.45, 7) is 4.22. The second-order valence-corrected chi connectivity index (χ2v) is 17.5. The fourth-order valence-electron chi connectivity index (χ4n) is 5.68. The van der Waals surface area contributed by atoms with Gasteiger partial charge in [0, 0.05) is 12.8 Å². The first kappa shape index (κ1) is 55.5. The zero-order valence-corrected chi connectivity index (χ0v) is 38.4. The fourth-order valence-corrected chi connectivity index (χ4v) is 6.42. The van der Waals surface area contributed by atoms with E-state index in [2.05, 4.69) is 86.8 Å². The van der Waals surface area contributed by atoms with Crippen molar-refractivity contribution in [1.82, 2.24) is 0 Å². The monoisotopic (exact) mass is 835 g/mol. The lowest BCUT2D eigenvalue weighted by Crippen LogP contribution is -2.37. The summed E-state index contributed by atoms with van der Waals surface area (Å²) < 4.78 is 34.3. The van der Waals surface area contributed by atoms with E-state index in [9.17, 15) is 19.0 Å². The standard InChI is InChI=1S/C48H84NO8P/c1-6-8-10-12-14-16-18-20-22-23-24-25-27-28-30-32-34-36-38-40-47(50)54-44-46(45-56-58(52,53)55-43-42-49(3,4)5)57-48(51)41-39-37-35-33-31-29-26-21-19-17-15-13-11-9-7-2/h9,11,14-17,20-22,26,31,33,46H,6-8,10,12-13,18-19,23-25,27-30,32,34-45H2,1-5H3/p+1/b11-9-,16-14-,17-15-,22-20-,26-21-,33-31-/t46-/m1/s1. The number of hydrogen-bond acceptors (Lipinski definition) is 7. The number of phosphoric acid groups is 1. The van der Waals surface area contributed by atoms with Crippen LogP contribution in [0.5, 0.6) is 0 Å². The number of esters is 2. The minimum Gasteiger partial charge on any atom is -0.462 e. The minimum absolute atomic E-state index is 0.0194. The second kappa shape index (κ2) is 39.9. The molecule has 9 nitrogen and oxygen atoms in total. The van der Waals surface area contributed by atoms with E-state index < -0.39 is 26.5 Å². The second-order valence-electron chi connectivity index (χ2n) is 16.0. The average molecular weight is 835 g/mol. The molecule has 0 aliphatic heterocycles. The number of carbonyl (C=O) groups is 2. The van der Waals surface area contributed by atoms with Gasteiger partial charge in [0.15, 0.2) is 6.10 Å². The third-order valence-corrected chi connectivity index (χ3v) is 10.2. The van der Waals surface area contributed by atoms with Crippen molar-refractivity contribution in [3.8, 4) is 0 Å². The number of likely N-dealkylation sites (N-methyl/N-ethyl adjacent to an activating group) is 1. The molecule has 2 atom stereocenters. The van der Waals surface area contributed by atoms with Crippen molar-refractivity contribution >= 4 is 19.8 Å².